The van der Waals surface area contributed by atoms with Crippen LogP contribution < -0.4 is 41.2 Å². The van der Waals surface area contributed by atoms with Crippen molar-refractivity contribution >= 4 is 111 Å². The van der Waals surface area contributed by atoms with Crippen LogP contribution in [0.1, 0.15) is 80.4 Å². The Kier molecular flexibility index (Phi) is 24.1. The molecule has 6 amide bonds. The molecule has 0 fully saturated rings. The van der Waals surface area contributed by atoms with Crippen molar-refractivity contribution in [2.45, 2.75) is 121 Å². The van der Waals surface area contributed by atoms with Crippen molar-refractivity contribution < 1.29 is 81.4 Å². The van der Waals surface area contributed by atoms with Crippen LogP contribution >= 0.6 is 45.3 Å². The van der Waals surface area contributed by atoms with Crippen molar-refractivity contribution in [2.24, 2.45) is 0 Å². The van der Waals surface area contributed by atoms with Crippen LogP contribution in [0.15, 0.2) is 90.9 Å². The first-order valence-corrected chi connectivity index (χ1v) is 32.9. The first kappa shape index (κ1) is 64.2. The molecule has 440 valence electrons. The van der Waals surface area contributed by atoms with Crippen LogP contribution in [0.25, 0.3) is 22.8 Å². The molecule has 25 nitrogen and oxygen atoms in total. The predicted molar refractivity (Wildman–Crippen MR) is 297 cm³/mol. The van der Waals surface area contributed by atoms with Gasteiger partial charge < -0.3 is 54.7 Å². The number of amides is 6. The van der Waals surface area contributed by atoms with E-state index < -0.39 is 91.3 Å². The quantitative estimate of drug-likeness (QED) is 0.0344. The summed E-state index contributed by atoms with van der Waals surface area (Å²) in [6, 6.07) is 8.55. The van der Waals surface area contributed by atoms with Crippen LogP contribution in [0.3, 0.4) is 0 Å². The minimum atomic E-state index is -5.05. The summed E-state index contributed by atoms with van der Waals surface area (Å²) in [5, 5.41) is 16.1. The van der Waals surface area contributed by atoms with E-state index in [1.54, 1.807) is 12.1 Å². The predicted octanol–water partition coefficient (Wildman–Crippen LogP) is 2.54. The summed E-state index contributed by atoms with van der Waals surface area (Å²) in [7, 11) is -14.7. The van der Waals surface area contributed by atoms with Crippen LogP contribution in [0.5, 0.6) is 5.75 Å². The second-order valence-electron chi connectivity index (χ2n) is 18.6. The molecular formula is C50H59IN8O17S5-2. The number of ether oxygens (including phenoxy) is 1. The van der Waals surface area contributed by atoms with Gasteiger partial charge in [0, 0.05) is 84.8 Å². The number of carbonyl (C=O) groups is 6. The molecule has 3 aliphatic heterocycles. The van der Waals surface area contributed by atoms with Crippen molar-refractivity contribution in [1.29, 1.82) is 0 Å². The molecule has 0 spiro atoms. The number of nitrogens with one attached hydrogen (secondary N) is 6. The lowest BCUT2D eigenvalue weighted by molar-refractivity contribution is -0.697. The zero-order valence-electron chi connectivity index (χ0n) is 43.3. The van der Waals surface area contributed by atoms with Crippen molar-refractivity contribution in [3.63, 3.8) is 0 Å². The molecule has 1 aromatic carbocycles. The normalized spacial score (nSPS) is 18.5. The average molecular weight is 1330 g/mol. The Morgan fingerprint density at radius 2 is 1.30 bits per heavy atom. The van der Waals surface area contributed by atoms with Crippen LogP contribution in [0.4, 0.5) is 0 Å². The van der Waals surface area contributed by atoms with Crippen molar-refractivity contribution in [1.82, 2.24) is 36.9 Å². The minimum absolute atomic E-state index is 0.0163. The van der Waals surface area contributed by atoms with Gasteiger partial charge in [0.05, 0.1) is 22.1 Å². The number of rotatable bonds is 12. The lowest BCUT2D eigenvalue weighted by Crippen LogP contribution is -2.54. The second kappa shape index (κ2) is 30.4. The Morgan fingerprint density at radius 3 is 1.89 bits per heavy atom. The van der Waals surface area contributed by atoms with Gasteiger partial charge >= 0.3 is 0 Å². The standard InChI is InChI=1S/C50H61IN8O17S5/c51-30-44(62)52-21-22-54-47(63)36-9-5-6-20-53-48(64)37(28-34-13-16-45(77-34)80(69,70)71)56-42(60)10-3-1-7-23-59-24-18-32(19-25-59)50-55-31-40(76-50)33-12-15-39(41(27-33)79(66,67)68)75-26-8-2-4-11-43(61)57-38(49(65)58-36)29-35-14-17-46(78-35)81(72,73)74/h12-19,24-25,27,31,36-38H,1-11,20-23,26,28-30H2,(H8-,52,53,54,56,57,58,60,61,62,63,64,65,66,67,68,69,70,71,72,73,74)/p-2. The molecule has 6 N–H and O–H groups in total. The van der Waals surface area contributed by atoms with E-state index in [2.05, 4.69) is 36.9 Å². The molecule has 81 heavy (non-hydrogen) atoms. The number of benzene rings is 1. The maximum absolute atomic E-state index is 14.1. The minimum Gasteiger partial charge on any atom is -0.744 e. The number of aryl methyl sites for hydroxylation is 1. The highest BCUT2D eigenvalue weighted by atomic mass is 127. The zero-order chi connectivity index (χ0) is 58.7. The largest absolute Gasteiger partial charge is 0.744 e. The van der Waals surface area contributed by atoms with Gasteiger partial charge in [-0.3, -0.25) is 28.8 Å². The number of oxazole rings is 1. The van der Waals surface area contributed by atoms with Gasteiger partial charge in [-0.15, -0.1) is 22.7 Å². The van der Waals surface area contributed by atoms with Crippen LogP contribution in [0.2, 0.25) is 0 Å². The van der Waals surface area contributed by atoms with Crippen molar-refractivity contribution in [3.05, 3.63) is 82.9 Å². The molecule has 3 unspecified atom stereocenters. The molecule has 5 aromatic rings. The molecule has 31 heteroatoms. The number of pyridine rings is 1. The average Bonchev–Trinajstić information content (AvgIpc) is 4.37. The summed E-state index contributed by atoms with van der Waals surface area (Å²) in [6.45, 7) is 0.577. The van der Waals surface area contributed by atoms with E-state index in [-0.39, 0.29) is 116 Å². The molecule has 4 aromatic heterocycles. The molecule has 3 atom stereocenters. The monoisotopic (exact) mass is 1330 g/mol. The maximum Gasteiger partial charge on any atom is 0.243 e. The molecule has 7 heterocycles. The van der Waals surface area contributed by atoms with Gasteiger partial charge in [-0.2, -0.15) is 0 Å². The van der Waals surface area contributed by atoms with E-state index in [0.29, 0.717) is 71.8 Å². The highest BCUT2D eigenvalue weighted by Gasteiger charge is 2.29. The number of nitrogens with zero attached hydrogens (tertiary/aromatic N) is 2. The second-order valence-corrected chi connectivity index (χ2v) is 26.2. The molecule has 0 saturated heterocycles. The summed E-state index contributed by atoms with van der Waals surface area (Å²) < 4.78 is 121. The van der Waals surface area contributed by atoms with Crippen molar-refractivity contribution in [3.8, 4) is 28.5 Å². The smallest absolute Gasteiger partial charge is 0.243 e. The van der Waals surface area contributed by atoms with Crippen LogP contribution in [-0.2, 0) is 78.5 Å². The highest BCUT2D eigenvalue weighted by molar-refractivity contribution is 14.1. The Hall–Kier alpha value is -5.94. The zero-order valence-corrected chi connectivity index (χ0v) is 49.6. The Labute approximate surface area is 489 Å². The summed E-state index contributed by atoms with van der Waals surface area (Å²) in [6.07, 6.45) is 7.54. The lowest BCUT2D eigenvalue weighted by atomic mass is 10.1. The van der Waals surface area contributed by atoms with Gasteiger partial charge in [0.25, 0.3) is 0 Å². The maximum atomic E-state index is 14.1. The molecular weight excluding hydrogens is 1270 g/mol. The summed E-state index contributed by atoms with van der Waals surface area (Å²) >= 11 is 3.14. The summed E-state index contributed by atoms with van der Waals surface area (Å²) in [5.41, 5.74) is 0.844. The van der Waals surface area contributed by atoms with E-state index in [0.717, 1.165) is 18.2 Å². The number of halogens is 1. The SMILES string of the molecule is O=C(CI)NCCNC(=O)C1CCCCNC(=O)C(Cc2ccc(S(=O)(=O)[O-])s2)NC(=O)CCCCC[n+]2ccc(cc2)-c2ncc(o2)-c2ccc(c(S(=O)(=O)[O-])c2)OCCCCCC(=O)NC(Cc2ccc(S(=O)(=O)[O-])s2)C(=O)N1. The van der Waals surface area contributed by atoms with Gasteiger partial charge in [0.15, 0.2) is 18.2 Å². The number of thiophene rings is 2. The molecule has 6 bridgehead atoms. The number of carbonyl (C=O) groups excluding carboxylic acids is 6. The van der Waals surface area contributed by atoms with Gasteiger partial charge in [-0.1, -0.05) is 22.6 Å². The van der Waals surface area contributed by atoms with E-state index in [1.165, 1.54) is 30.5 Å². The number of hydrogen-bond donors (Lipinski definition) is 6. The number of aromatic nitrogens is 2. The molecule has 0 radical (unpaired) electrons. The fourth-order valence-corrected chi connectivity index (χ4v) is 12.6. The summed E-state index contributed by atoms with van der Waals surface area (Å²) in [5.74, 6) is -3.28. The van der Waals surface area contributed by atoms with Crippen molar-refractivity contribution in [2.75, 3.05) is 30.7 Å². The molecule has 8 rings (SSSR count). The van der Waals surface area contributed by atoms with Crippen LogP contribution in [-0.4, -0.2) is 128 Å². The third kappa shape index (κ3) is 20.8. The third-order valence-corrected chi connectivity index (χ3v) is 18.7. The Bertz CT molecular complexity index is 3350. The fourth-order valence-electron chi connectivity index (χ4n) is 8.24. The van der Waals surface area contributed by atoms with Crippen LogP contribution in [0, 0.1) is 0 Å². The van der Waals surface area contributed by atoms with E-state index >= 15 is 0 Å². The Morgan fingerprint density at radius 1 is 0.691 bits per heavy atom. The topological polar surface area (TPSA) is 385 Å². The molecule has 0 aliphatic carbocycles. The van der Waals surface area contributed by atoms with E-state index in [9.17, 15) is 67.7 Å². The Balaban J connectivity index is 1.21. The fraction of sp³-hybridized carbons (Fsp3) is 0.440. The van der Waals surface area contributed by atoms with E-state index in [4.69, 9.17) is 9.15 Å². The first-order valence-electron chi connectivity index (χ1n) is 25.5. The number of fused-ring (bicyclic) bond motifs is 2. The molecule has 0 saturated carbocycles. The van der Waals surface area contributed by atoms with Gasteiger partial charge in [0.1, 0.15) is 69.2 Å². The van der Waals surface area contributed by atoms with E-state index in [1.807, 2.05) is 39.6 Å². The van der Waals surface area contributed by atoms with Gasteiger partial charge in [-0.05, 0) is 93.8 Å². The highest BCUT2D eigenvalue weighted by Crippen LogP contribution is 2.32. The first-order chi connectivity index (χ1) is 38.5. The summed E-state index contributed by atoms with van der Waals surface area (Å²) in [4.78, 5) is 84.4. The van der Waals surface area contributed by atoms with Gasteiger partial charge in [0.2, 0.25) is 41.3 Å². The number of alkyl halides is 1. The van der Waals surface area contributed by atoms with Gasteiger partial charge in [-0.25, -0.2) is 34.8 Å². The lowest BCUT2D eigenvalue weighted by Gasteiger charge is -2.23. The number of hydrogen-bond acceptors (Lipinski definition) is 20. The molecule has 3 aliphatic rings. The third-order valence-electron chi connectivity index (χ3n) is 12.4.